The van der Waals surface area contributed by atoms with Crippen molar-refractivity contribution in [1.29, 1.82) is 0 Å². The first kappa shape index (κ1) is 17.2. The van der Waals surface area contributed by atoms with E-state index in [0.29, 0.717) is 6.54 Å². The Balaban J connectivity index is 5.09. The summed E-state index contributed by atoms with van der Waals surface area (Å²) in [4.78, 5) is 27.0. The molecule has 0 aromatic heterocycles. The Kier molecular flexibility index (Phi) is 6.31. The van der Waals surface area contributed by atoms with Crippen molar-refractivity contribution in [2.75, 3.05) is 27.2 Å². The first-order valence-electron chi connectivity index (χ1n) is 6.16. The lowest BCUT2D eigenvalue weighted by Gasteiger charge is -2.31. The molecule has 0 aliphatic carbocycles. The maximum atomic E-state index is 12.4. The van der Waals surface area contributed by atoms with Crippen LogP contribution in [0.4, 0.5) is 0 Å². The predicted octanol–water partition coefficient (Wildman–Crippen LogP) is 0.0858. The topological polar surface area (TPSA) is 99.2 Å². The highest BCUT2D eigenvalue weighted by atomic mass is 16.4. The molecule has 0 spiro atoms. The molecule has 0 saturated carbocycles. The average molecular weight is 272 g/mol. The summed E-state index contributed by atoms with van der Waals surface area (Å²) in [6, 6.07) is 0. The lowest BCUT2D eigenvalue weighted by atomic mass is 9.90. The molecular formula is C12H24N4O3. The van der Waals surface area contributed by atoms with Gasteiger partial charge in [0.25, 0.3) is 0 Å². The summed E-state index contributed by atoms with van der Waals surface area (Å²) < 4.78 is 0. The van der Waals surface area contributed by atoms with E-state index >= 15 is 0 Å². The molecule has 2 amide bonds. The van der Waals surface area contributed by atoms with Crippen molar-refractivity contribution in [2.24, 2.45) is 16.3 Å². The van der Waals surface area contributed by atoms with Gasteiger partial charge in [0.15, 0.2) is 5.84 Å². The SMILES string of the molecule is CCCN(CC(=O)N(C)C)C(=O)C(C)(C)C(N)=NO. The molecule has 0 aliphatic rings. The lowest BCUT2D eigenvalue weighted by Crippen LogP contribution is -2.50. The number of rotatable bonds is 6. The quantitative estimate of drug-likeness (QED) is 0.310. The molecule has 0 rings (SSSR count). The Morgan fingerprint density at radius 1 is 1.32 bits per heavy atom. The molecule has 0 aliphatic heterocycles. The van der Waals surface area contributed by atoms with E-state index in [9.17, 15) is 9.59 Å². The number of nitrogens with two attached hydrogens (primary N) is 1. The summed E-state index contributed by atoms with van der Waals surface area (Å²) >= 11 is 0. The number of carbonyl (C=O) groups excluding carboxylic acids is 2. The fraction of sp³-hybridized carbons (Fsp3) is 0.750. The van der Waals surface area contributed by atoms with Crippen molar-refractivity contribution in [3.05, 3.63) is 0 Å². The van der Waals surface area contributed by atoms with Crippen LogP contribution in [0, 0.1) is 5.41 Å². The van der Waals surface area contributed by atoms with Gasteiger partial charge in [0, 0.05) is 20.6 Å². The smallest absolute Gasteiger partial charge is 0.241 e. The molecule has 0 unspecified atom stereocenters. The fourth-order valence-electron chi connectivity index (χ4n) is 1.46. The summed E-state index contributed by atoms with van der Waals surface area (Å²) in [5, 5.41) is 11.6. The molecule has 0 bridgehead atoms. The van der Waals surface area contributed by atoms with Gasteiger partial charge in [-0.05, 0) is 20.3 Å². The van der Waals surface area contributed by atoms with E-state index in [-0.39, 0.29) is 24.2 Å². The van der Waals surface area contributed by atoms with Crippen molar-refractivity contribution in [2.45, 2.75) is 27.2 Å². The van der Waals surface area contributed by atoms with Crippen LogP contribution < -0.4 is 5.73 Å². The zero-order valence-electron chi connectivity index (χ0n) is 12.3. The zero-order valence-corrected chi connectivity index (χ0v) is 12.3. The van der Waals surface area contributed by atoms with Crippen LogP contribution in [0.15, 0.2) is 5.16 Å². The van der Waals surface area contributed by atoms with E-state index in [1.807, 2.05) is 6.92 Å². The molecule has 0 aromatic rings. The van der Waals surface area contributed by atoms with Crippen molar-refractivity contribution in [1.82, 2.24) is 9.80 Å². The van der Waals surface area contributed by atoms with Crippen molar-refractivity contribution < 1.29 is 14.8 Å². The maximum Gasteiger partial charge on any atom is 0.241 e. The average Bonchev–Trinajstić information content (AvgIpc) is 2.35. The molecule has 7 heteroatoms. The molecule has 19 heavy (non-hydrogen) atoms. The first-order valence-corrected chi connectivity index (χ1v) is 6.16. The molecule has 0 aromatic carbocycles. The molecule has 110 valence electrons. The highest BCUT2D eigenvalue weighted by Crippen LogP contribution is 2.19. The highest BCUT2D eigenvalue weighted by Gasteiger charge is 2.36. The van der Waals surface area contributed by atoms with Crippen molar-refractivity contribution >= 4 is 17.6 Å². The normalized spacial score (nSPS) is 12.2. The van der Waals surface area contributed by atoms with Gasteiger partial charge in [-0.2, -0.15) is 0 Å². The van der Waals surface area contributed by atoms with E-state index in [2.05, 4.69) is 5.16 Å². The molecular weight excluding hydrogens is 248 g/mol. The van der Waals surface area contributed by atoms with Gasteiger partial charge >= 0.3 is 0 Å². The Bertz CT molecular complexity index is 364. The number of nitrogens with zero attached hydrogens (tertiary/aromatic N) is 3. The number of oxime groups is 1. The van der Waals surface area contributed by atoms with Gasteiger partial charge in [0.1, 0.15) is 5.41 Å². The number of hydrogen-bond donors (Lipinski definition) is 2. The largest absolute Gasteiger partial charge is 0.409 e. The third kappa shape index (κ3) is 4.42. The summed E-state index contributed by atoms with van der Waals surface area (Å²) in [6.07, 6.45) is 0.721. The first-order chi connectivity index (χ1) is 8.68. The minimum atomic E-state index is -1.14. The number of amides is 2. The van der Waals surface area contributed by atoms with E-state index < -0.39 is 5.41 Å². The zero-order chi connectivity index (χ0) is 15.2. The highest BCUT2D eigenvalue weighted by molar-refractivity contribution is 6.06. The number of amidine groups is 1. The third-order valence-corrected chi connectivity index (χ3v) is 2.89. The van der Waals surface area contributed by atoms with Gasteiger partial charge in [-0.25, -0.2) is 0 Å². The Hall–Kier alpha value is -1.79. The van der Waals surface area contributed by atoms with E-state index in [1.54, 1.807) is 27.9 Å². The van der Waals surface area contributed by atoms with Crippen LogP contribution in [0.3, 0.4) is 0 Å². The van der Waals surface area contributed by atoms with Crippen LogP contribution in [0.1, 0.15) is 27.2 Å². The van der Waals surface area contributed by atoms with Gasteiger partial charge in [0.2, 0.25) is 11.8 Å². The number of carbonyl (C=O) groups is 2. The Labute approximate surface area is 114 Å². The second-order valence-corrected chi connectivity index (χ2v) is 5.13. The van der Waals surface area contributed by atoms with E-state index in [1.165, 1.54) is 9.80 Å². The third-order valence-electron chi connectivity index (χ3n) is 2.89. The van der Waals surface area contributed by atoms with Crippen molar-refractivity contribution in [3.63, 3.8) is 0 Å². The van der Waals surface area contributed by atoms with Crippen LogP contribution >= 0.6 is 0 Å². The van der Waals surface area contributed by atoms with Gasteiger partial charge in [-0.1, -0.05) is 12.1 Å². The van der Waals surface area contributed by atoms with Crippen molar-refractivity contribution in [3.8, 4) is 0 Å². The van der Waals surface area contributed by atoms with Crippen LogP contribution in [0.5, 0.6) is 0 Å². The second-order valence-electron chi connectivity index (χ2n) is 5.13. The molecule has 7 nitrogen and oxygen atoms in total. The van der Waals surface area contributed by atoms with Gasteiger partial charge < -0.3 is 20.7 Å². The molecule has 0 atom stereocenters. The van der Waals surface area contributed by atoms with Gasteiger partial charge in [-0.15, -0.1) is 0 Å². The summed E-state index contributed by atoms with van der Waals surface area (Å²) in [7, 11) is 3.26. The molecule has 3 N–H and O–H groups in total. The maximum absolute atomic E-state index is 12.4. The number of likely N-dealkylation sites (N-methyl/N-ethyl adjacent to an activating group) is 1. The summed E-state index contributed by atoms with van der Waals surface area (Å²) in [5.41, 5.74) is 4.39. The Morgan fingerprint density at radius 3 is 2.21 bits per heavy atom. The monoisotopic (exact) mass is 272 g/mol. The van der Waals surface area contributed by atoms with Crippen LogP contribution in [-0.4, -0.2) is 59.8 Å². The van der Waals surface area contributed by atoms with E-state index in [4.69, 9.17) is 10.9 Å². The van der Waals surface area contributed by atoms with Gasteiger partial charge in [0.05, 0.1) is 6.54 Å². The molecule has 0 radical (unpaired) electrons. The predicted molar refractivity (Wildman–Crippen MR) is 72.8 cm³/mol. The minimum Gasteiger partial charge on any atom is -0.409 e. The summed E-state index contributed by atoms with van der Waals surface area (Å²) in [5.74, 6) is -0.673. The molecule has 0 heterocycles. The summed E-state index contributed by atoms with van der Waals surface area (Å²) in [6.45, 7) is 5.47. The van der Waals surface area contributed by atoms with Crippen LogP contribution in [0.25, 0.3) is 0 Å². The number of hydrogen-bond acceptors (Lipinski definition) is 4. The van der Waals surface area contributed by atoms with Crippen LogP contribution in [0.2, 0.25) is 0 Å². The minimum absolute atomic E-state index is 0.0121. The standard InChI is InChI=1S/C12H24N4O3/c1-6-7-16(8-9(17)15(4)5)11(18)12(2,3)10(13)14-19/h19H,6-8H2,1-5H3,(H2,13,14). The van der Waals surface area contributed by atoms with Crippen LogP contribution in [-0.2, 0) is 9.59 Å². The van der Waals surface area contributed by atoms with E-state index in [0.717, 1.165) is 6.42 Å². The lowest BCUT2D eigenvalue weighted by molar-refractivity contribution is -0.143. The van der Waals surface area contributed by atoms with Gasteiger partial charge in [-0.3, -0.25) is 9.59 Å². The molecule has 0 fully saturated rings. The Morgan fingerprint density at radius 2 is 1.84 bits per heavy atom. The molecule has 0 saturated heterocycles. The fourth-order valence-corrected chi connectivity index (χ4v) is 1.46. The second kappa shape index (κ2) is 6.96.